The highest BCUT2D eigenvalue weighted by molar-refractivity contribution is 5.78. The number of guanidine groups is 1. The molecule has 1 heterocycles. The molecular formula is C17H27FN4. The molecule has 5 heteroatoms. The topological polar surface area (TPSA) is 44.9 Å². The maximum absolute atomic E-state index is 13.1. The molecule has 0 bridgehead atoms. The van der Waals surface area contributed by atoms with Crippen molar-refractivity contribution >= 4 is 5.96 Å². The van der Waals surface area contributed by atoms with Gasteiger partial charge in [0.2, 0.25) is 0 Å². The van der Waals surface area contributed by atoms with Gasteiger partial charge in [-0.05, 0) is 44.6 Å². The SMILES string of the molecule is CN(C)C(CN=C(N)N1CCCCCC1)c1ccc(F)cc1. The average Bonchev–Trinajstić information content (AvgIpc) is 2.78. The molecule has 122 valence electrons. The van der Waals surface area contributed by atoms with Gasteiger partial charge in [-0.15, -0.1) is 0 Å². The second kappa shape index (κ2) is 8.13. The Labute approximate surface area is 132 Å². The van der Waals surface area contributed by atoms with E-state index in [9.17, 15) is 4.39 Å². The van der Waals surface area contributed by atoms with Gasteiger partial charge in [-0.1, -0.05) is 25.0 Å². The molecule has 0 amide bonds. The van der Waals surface area contributed by atoms with Gasteiger partial charge in [0.1, 0.15) is 5.82 Å². The zero-order chi connectivity index (χ0) is 15.9. The predicted octanol–water partition coefficient (Wildman–Crippen LogP) is 2.62. The maximum Gasteiger partial charge on any atom is 0.191 e. The van der Waals surface area contributed by atoms with Gasteiger partial charge in [-0.2, -0.15) is 0 Å². The van der Waals surface area contributed by atoms with E-state index in [1.165, 1.54) is 37.8 Å². The summed E-state index contributed by atoms with van der Waals surface area (Å²) >= 11 is 0. The first-order valence-corrected chi connectivity index (χ1v) is 8.04. The Hall–Kier alpha value is -1.62. The minimum Gasteiger partial charge on any atom is -0.370 e. The molecule has 1 aromatic rings. The Balaban J connectivity index is 2.04. The first-order valence-electron chi connectivity index (χ1n) is 8.04. The van der Waals surface area contributed by atoms with Gasteiger partial charge in [0.25, 0.3) is 0 Å². The third-order valence-corrected chi connectivity index (χ3v) is 4.23. The van der Waals surface area contributed by atoms with E-state index in [0.717, 1.165) is 18.7 Å². The van der Waals surface area contributed by atoms with Crippen molar-refractivity contribution in [2.75, 3.05) is 33.7 Å². The monoisotopic (exact) mass is 306 g/mol. The highest BCUT2D eigenvalue weighted by atomic mass is 19.1. The summed E-state index contributed by atoms with van der Waals surface area (Å²) in [6, 6.07) is 6.72. The van der Waals surface area contributed by atoms with Crippen LogP contribution >= 0.6 is 0 Å². The molecule has 1 aromatic carbocycles. The third-order valence-electron chi connectivity index (χ3n) is 4.23. The second-order valence-corrected chi connectivity index (χ2v) is 6.13. The molecule has 0 radical (unpaired) electrons. The smallest absolute Gasteiger partial charge is 0.191 e. The zero-order valence-electron chi connectivity index (χ0n) is 13.6. The van der Waals surface area contributed by atoms with Crippen LogP contribution in [-0.4, -0.2) is 49.5 Å². The minimum absolute atomic E-state index is 0.103. The van der Waals surface area contributed by atoms with Gasteiger partial charge in [-0.3, -0.25) is 4.99 Å². The largest absolute Gasteiger partial charge is 0.370 e. The van der Waals surface area contributed by atoms with Crippen molar-refractivity contribution in [3.05, 3.63) is 35.6 Å². The Bertz CT molecular complexity index is 476. The standard InChI is InChI=1S/C17H27FN4/c1-21(2)16(14-7-9-15(18)10-8-14)13-20-17(19)22-11-5-3-4-6-12-22/h7-10,16H,3-6,11-13H2,1-2H3,(H2,19,20). The summed E-state index contributed by atoms with van der Waals surface area (Å²) in [5.74, 6) is 0.421. The van der Waals surface area contributed by atoms with Crippen LogP contribution in [0.3, 0.4) is 0 Å². The van der Waals surface area contributed by atoms with Gasteiger partial charge >= 0.3 is 0 Å². The number of halogens is 1. The zero-order valence-corrected chi connectivity index (χ0v) is 13.6. The summed E-state index contributed by atoms with van der Waals surface area (Å²) < 4.78 is 13.1. The normalized spacial score (nSPS) is 18.4. The molecule has 2 rings (SSSR count). The summed E-state index contributed by atoms with van der Waals surface area (Å²) in [6.07, 6.45) is 4.93. The average molecular weight is 306 g/mol. The van der Waals surface area contributed by atoms with Crippen LogP contribution in [0.15, 0.2) is 29.3 Å². The summed E-state index contributed by atoms with van der Waals surface area (Å²) in [5, 5.41) is 0. The molecule has 0 spiro atoms. The van der Waals surface area contributed by atoms with Crippen molar-refractivity contribution in [3.8, 4) is 0 Å². The van der Waals surface area contributed by atoms with Crippen LogP contribution in [-0.2, 0) is 0 Å². The van der Waals surface area contributed by atoms with Crippen LogP contribution in [0, 0.1) is 5.82 Å². The van der Waals surface area contributed by atoms with Crippen LogP contribution < -0.4 is 5.73 Å². The summed E-state index contributed by atoms with van der Waals surface area (Å²) in [4.78, 5) is 8.87. The Morgan fingerprint density at radius 2 is 1.77 bits per heavy atom. The lowest BCUT2D eigenvalue weighted by Gasteiger charge is -2.25. The van der Waals surface area contributed by atoms with E-state index < -0.39 is 0 Å². The van der Waals surface area contributed by atoms with E-state index >= 15 is 0 Å². The Morgan fingerprint density at radius 3 is 2.32 bits per heavy atom. The highest BCUT2D eigenvalue weighted by Gasteiger charge is 2.15. The fourth-order valence-electron chi connectivity index (χ4n) is 2.83. The number of benzene rings is 1. The van der Waals surface area contributed by atoms with Gasteiger partial charge < -0.3 is 15.5 Å². The summed E-state index contributed by atoms with van der Waals surface area (Å²) in [5.41, 5.74) is 7.22. The fraction of sp³-hybridized carbons (Fsp3) is 0.588. The minimum atomic E-state index is -0.214. The lowest BCUT2D eigenvalue weighted by atomic mass is 10.1. The molecule has 0 aliphatic carbocycles. The quantitative estimate of drug-likeness (QED) is 0.687. The first kappa shape index (κ1) is 16.7. The van der Waals surface area contributed by atoms with E-state index in [1.54, 1.807) is 0 Å². The molecule has 1 atom stereocenters. The Morgan fingerprint density at radius 1 is 1.18 bits per heavy atom. The molecule has 4 nitrogen and oxygen atoms in total. The second-order valence-electron chi connectivity index (χ2n) is 6.13. The molecule has 0 saturated carbocycles. The van der Waals surface area contributed by atoms with E-state index in [-0.39, 0.29) is 11.9 Å². The van der Waals surface area contributed by atoms with E-state index in [4.69, 9.17) is 5.73 Å². The molecule has 1 fully saturated rings. The van der Waals surface area contributed by atoms with Crippen molar-refractivity contribution in [1.82, 2.24) is 9.80 Å². The van der Waals surface area contributed by atoms with Crippen molar-refractivity contribution < 1.29 is 4.39 Å². The molecule has 0 aromatic heterocycles. The van der Waals surface area contributed by atoms with Gasteiger partial charge in [0, 0.05) is 13.1 Å². The molecule has 1 aliphatic rings. The van der Waals surface area contributed by atoms with Gasteiger partial charge in [0.15, 0.2) is 5.96 Å². The number of aliphatic imine (C=N–C) groups is 1. The lowest BCUT2D eigenvalue weighted by Crippen LogP contribution is -2.38. The van der Waals surface area contributed by atoms with Gasteiger partial charge in [-0.25, -0.2) is 4.39 Å². The van der Waals surface area contributed by atoms with Gasteiger partial charge in [0.05, 0.1) is 12.6 Å². The van der Waals surface area contributed by atoms with Crippen molar-refractivity contribution in [2.45, 2.75) is 31.7 Å². The van der Waals surface area contributed by atoms with Crippen molar-refractivity contribution in [1.29, 1.82) is 0 Å². The van der Waals surface area contributed by atoms with E-state index in [0.29, 0.717) is 12.5 Å². The number of nitrogens with zero attached hydrogens (tertiary/aromatic N) is 3. The lowest BCUT2D eigenvalue weighted by molar-refractivity contribution is 0.304. The van der Waals surface area contributed by atoms with E-state index in [1.807, 2.05) is 26.2 Å². The maximum atomic E-state index is 13.1. The molecular weight excluding hydrogens is 279 g/mol. The highest BCUT2D eigenvalue weighted by Crippen LogP contribution is 2.19. The third kappa shape index (κ3) is 4.70. The number of likely N-dealkylation sites (tertiary alicyclic amines) is 1. The molecule has 2 N–H and O–H groups in total. The Kier molecular flexibility index (Phi) is 6.19. The van der Waals surface area contributed by atoms with E-state index in [2.05, 4.69) is 14.8 Å². The van der Waals surface area contributed by atoms with Crippen LogP contribution in [0.25, 0.3) is 0 Å². The van der Waals surface area contributed by atoms with Crippen LogP contribution in [0.5, 0.6) is 0 Å². The van der Waals surface area contributed by atoms with Crippen LogP contribution in [0.4, 0.5) is 4.39 Å². The molecule has 1 aliphatic heterocycles. The van der Waals surface area contributed by atoms with Crippen LogP contribution in [0.2, 0.25) is 0 Å². The van der Waals surface area contributed by atoms with Crippen molar-refractivity contribution in [3.63, 3.8) is 0 Å². The molecule has 1 unspecified atom stereocenters. The first-order chi connectivity index (χ1) is 10.6. The molecule has 22 heavy (non-hydrogen) atoms. The number of hydrogen-bond donors (Lipinski definition) is 1. The number of nitrogens with two attached hydrogens (primary N) is 1. The number of likely N-dealkylation sites (N-methyl/N-ethyl adjacent to an activating group) is 1. The summed E-state index contributed by atoms with van der Waals surface area (Å²) in [7, 11) is 4.01. The summed E-state index contributed by atoms with van der Waals surface area (Å²) in [6.45, 7) is 2.58. The van der Waals surface area contributed by atoms with Crippen LogP contribution in [0.1, 0.15) is 37.3 Å². The fourth-order valence-corrected chi connectivity index (χ4v) is 2.83. The number of hydrogen-bond acceptors (Lipinski definition) is 2. The number of rotatable bonds is 4. The van der Waals surface area contributed by atoms with Crippen molar-refractivity contribution in [2.24, 2.45) is 10.7 Å². The molecule has 1 saturated heterocycles. The predicted molar refractivity (Wildman–Crippen MR) is 89.4 cm³/mol.